The minimum atomic E-state index is -4.62. The summed E-state index contributed by atoms with van der Waals surface area (Å²) in [6.45, 7) is 0.598. The average Bonchev–Trinajstić information content (AvgIpc) is 3.36. The molecule has 0 aromatic heterocycles. The molecule has 0 spiro atoms. The summed E-state index contributed by atoms with van der Waals surface area (Å²) >= 11 is 0. The van der Waals surface area contributed by atoms with Crippen LogP contribution in [0, 0.1) is 0 Å². The normalized spacial score (nSPS) is 22.0. The van der Waals surface area contributed by atoms with Crippen LogP contribution < -0.4 is 10.5 Å². The minimum Gasteiger partial charge on any atom is -0.493 e. The minimum absolute atomic E-state index is 0.0457. The molecule has 2 atom stereocenters. The van der Waals surface area contributed by atoms with Crippen LogP contribution in [0.25, 0.3) is 0 Å². The van der Waals surface area contributed by atoms with Gasteiger partial charge in [-0.25, -0.2) is 0 Å². The van der Waals surface area contributed by atoms with Crippen LogP contribution in [0.15, 0.2) is 28.5 Å². The summed E-state index contributed by atoms with van der Waals surface area (Å²) in [5.41, 5.74) is 5.05. The number of nitrogens with two attached hydrogens (primary N) is 1. The van der Waals surface area contributed by atoms with Gasteiger partial charge >= 0.3 is 6.18 Å². The number of ether oxygens (including phenoxy) is 1. The number of alkyl halides is 3. The van der Waals surface area contributed by atoms with E-state index in [9.17, 15) is 13.2 Å². The molecule has 0 amide bonds. The highest BCUT2D eigenvalue weighted by Crippen LogP contribution is 2.38. The molecule has 1 unspecified atom stereocenters. The summed E-state index contributed by atoms with van der Waals surface area (Å²) in [4.78, 5) is 8.86. The van der Waals surface area contributed by atoms with Crippen molar-refractivity contribution in [2.24, 2.45) is 16.0 Å². The first-order valence-corrected chi connectivity index (χ1v) is 9.94. The zero-order valence-corrected chi connectivity index (χ0v) is 17.0. The van der Waals surface area contributed by atoms with E-state index in [4.69, 9.17) is 25.6 Å². The maximum absolute atomic E-state index is 13.6. The van der Waals surface area contributed by atoms with Crippen molar-refractivity contribution in [3.8, 4) is 5.75 Å². The van der Waals surface area contributed by atoms with E-state index >= 15 is 0 Å². The van der Waals surface area contributed by atoms with Crippen LogP contribution in [-0.4, -0.2) is 71.0 Å². The summed E-state index contributed by atoms with van der Waals surface area (Å²) in [6.07, 6.45) is -2.83. The third-order valence-electron chi connectivity index (χ3n) is 5.34. The number of guanidine groups is 1. The summed E-state index contributed by atoms with van der Waals surface area (Å²) in [7, 11) is 1.67. The van der Waals surface area contributed by atoms with Gasteiger partial charge in [-0.15, -0.1) is 0 Å². The Morgan fingerprint density at radius 3 is 2.84 bits per heavy atom. The third kappa shape index (κ3) is 4.89. The number of oxime groups is 2. The van der Waals surface area contributed by atoms with Gasteiger partial charge in [-0.05, 0) is 43.9 Å². The lowest BCUT2D eigenvalue weighted by molar-refractivity contribution is -0.139. The molecular formula is C19H26F3N5O4. The van der Waals surface area contributed by atoms with E-state index in [1.54, 1.807) is 16.8 Å². The second kappa shape index (κ2) is 9.50. The lowest BCUT2D eigenvalue weighted by Crippen LogP contribution is -2.51. The number of unbranched alkanes of at least 4 members (excludes halogenated alkanes) is 1. The van der Waals surface area contributed by atoms with Gasteiger partial charge in [0.25, 0.3) is 0 Å². The Bertz CT molecular complexity index is 833. The molecule has 4 N–H and O–H groups in total. The number of hydrogen-bond acceptors (Lipinski definition) is 7. The molecule has 0 aliphatic carbocycles. The summed E-state index contributed by atoms with van der Waals surface area (Å²) < 4.78 is 46.2. The molecule has 1 fully saturated rings. The van der Waals surface area contributed by atoms with Gasteiger partial charge in [0.15, 0.2) is 5.84 Å². The molecule has 0 bridgehead atoms. The number of rotatable bonds is 7. The van der Waals surface area contributed by atoms with Crippen LogP contribution in [0.4, 0.5) is 13.2 Å². The van der Waals surface area contributed by atoms with Crippen LogP contribution in [-0.2, 0) is 11.0 Å². The summed E-state index contributed by atoms with van der Waals surface area (Å²) in [5, 5.41) is 24.8. The van der Waals surface area contributed by atoms with E-state index in [2.05, 4.69) is 10.3 Å². The van der Waals surface area contributed by atoms with Crippen LogP contribution in [0.3, 0.4) is 0 Å². The van der Waals surface area contributed by atoms with E-state index < -0.39 is 18.0 Å². The van der Waals surface area contributed by atoms with Crippen molar-refractivity contribution in [3.63, 3.8) is 0 Å². The van der Waals surface area contributed by atoms with E-state index in [0.717, 1.165) is 12.5 Å². The Morgan fingerprint density at radius 1 is 1.39 bits per heavy atom. The smallest absolute Gasteiger partial charge is 0.419 e. The Labute approximate surface area is 177 Å². The molecule has 0 radical (unpaired) electrons. The number of likely N-dealkylation sites (tertiary alicyclic amines) is 1. The Kier molecular flexibility index (Phi) is 6.98. The molecule has 31 heavy (non-hydrogen) atoms. The molecule has 172 valence electrons. The predicted octanol–water partition coefficient (Wildman–Crippen LogP) is 1.97. The van der Waals surface area contributed by atoms with Crippen molar-refractivity contribution in [2.45, 2.75) is 44.1 Å². The van der Waals surface area contributed by atoms with Gasteiger partial charge in [0.2, 0.25) is 12.2 Å². The van der Waals surface area contributed by atoms with Crippen molar-refractivity contribution >= 4 is 11.8 Å². The Balaban J connectivity index is 1.79. The first-order chi connectivity index (χ1) is 14.8. The number of halogens is 3. The molecule has 2 heterocycles. The topological polar surface area (TPSA) is 116 Å². The highest BCUT2D eigenvalue weighted by atomic mass is 19.4. The van der Waals surface area contributed by atoms with Crippen LogP contribution in [0.1, 0.15) is 36.8 Å². The molecule has 12 heteroatoms. The molecule has 1 saturated heterocycles. The molecule has 0 saturated carbocycles. The fraction of sp³-hybridized carbons (Fsp3) is 0.579. The quantitative estimate of drug-likeness (QED) is 0.193. The summed E-state index contributed by atoms with van der Waals surface area (Å²) in [6, 6.07) is 3.48. The van der Waals surface area contributed by atoms with Gasteiger partial charge in [0, 0.05) is 25.8 Å². The number of aliphatic hydroxyl groups excluding tert-OH is 1. The van der Waals surface area contributed by atoms with Crippen LogP contribution in [0.5, 0.6) is 5.75 Å². The van der Waals surface area contributed by atoms with Gasteiger partial charge < -0.3 is 35.4 Å². The average molecular weight is 445 g/mol. The second-order valence-electron chi connectivity index (χ2n) is 7.37. The number of hydrogen-bond donors (Lipinski definition) is 3. The van der Waals surface area contributed by atoms with Gasteiger partial charge in [-0.3, -0.25) is 0 Å². The number of nitrogens with zero attached hydrogens (tertiary/aromatic N) is 4. The Hall–Kier alpha value is -2.89. The van der Waals surface area contributed by atoms with Gasteiger partial charge in [0.05, 0.1) is 18.2 Å². The molecular weight excluding hydrogens is 419 g/mol. The molecule has 1 aromatic carbocycles. The van der Waals surface area contributed by atoms with Crippen molar-refractivity contribution in [3.05, 3.63) is 29.3 Å². The SMILES string of the molecule is CN1C(c2ccc(OCCCCO)c(C(F)(F)F)c2)=NOC1[C@@H]1CCCN1/C(N)=N/O. The molecule has 2 aliphatic heterocycles. The zero-order chi connectivity index (χ0) is 22.6. The third-order valence-corrected chi connectivity index (χ3v) is 5.34. The number of amidine groups is 1. The fourth-order valence-corrected chi connectivity index (χ4v) is 3.79. The molecule has 9 nitrogen and oxygen atoms in total. The van der Waals surface area contributed by atoms with Crippen molar-refractivity contribution < 1.29 is 33.1 Å². The lowest BCUT2D eigenvalue weighted by Gasteiger charge is -2.32. The zero-order valence-electron chi connectivity index (χ0n) is 17.0. The molecule has 2 aliphatic rings. The van der Waals surface area contributed by atoms with Gasteiger partial charge in [-0.2, -0.15) is 13.2 Å². The molecule has 3 rings (SSSR count). The number of likely N-dealkylation sites (N-methyl/N-ethyl adjacent to an activating group) is 1. The number of benzene rings is 1. The maximum atomic E-state index is 13.6. The highest BCUT2D eigenvalue weighted by molar-refractivity contribution is 5.99. The van der Waals surface area contributed by atoms with Gasteiger partial charge in [0.1, 0.15) is 5.75 Å². The van der Waals surface area contributed by atoms with E-state index in [-0.39, 0.29) is 42.4 Å². The Morgan fingerprint density at radius 2 is 2.16 bits per heavy atom. The predicted molar refractivity (Wildman–Crippen MR) is 106 cm³/mol. The van der Waals surface area contributed by atoms with E-state index in [1.807, 2.05) is 0 Å². The molecule has 1 aromatic rings. The van der Waals surface area contributed by atoms with E-state index in [1.165, 1.54) is 12.1 Å². The van der Waals surface area contributed by atoms with Crippen LogP contribution >= 0.6 is 0 Å². The summed E-state index contributed by atoms with van der Waals surface area (Å²) in [5.74, 6) is -0.0782. The lowest BCUT2D eigenvalue weighted by atomic mass is 10.1. The monoisotopic (exact) mass is 445 g/mol. The highest BCUT2D eigenvalue weighted by Gasteiger charge is 2.42. The van der Waals surface area contributed by atoms with E-state index in [0.29, 0.717) is 25.8 Å². The van der Waals surface area contributed by atoms with Crippen molar-refractivity contribution in [1.82, 2.24) is 9.80 Å². The first kappa shape index (κ1) is 22.8. The largest absolute Gasteiger partial charge is 0.493 e. The second-order valence-corrected chi connectivity index (χ2v) is 7.37. The maximum Gasteiger partial charge on any atom is 0.419 e. The standard InChI is InChI=1S/C19H26F3N5O4/c1-26-16(25-31-17(26)14-5-4-8-27(14)18(23)24-29)12-6-7-15(30-10-3-2-9-28)13(11-12)19(20,21)22/h6-7,11,14,17,28-29H,2-5,8-10H2,1H3,(H2,23,24)/t14-,17?/m0/s1. The van der Waals surface area contributed by atoms with Gasteiger partial charge in [-0.1, -0.05) is 10.3 Å². The first-order valence-electron chi connectivity index (χ1n) is 9.94. The van der Waals surface area contributed by atoms with Crippen LogP contribution in [0.2, 0.25) is 0 Å². The van der Waals surface area contributed by atoms with Crippen molar-refractivity contribution in [2.75, 3.05) is 26.8 Å². The van der Waals surface area contributed by atoms with Crippen molar-refractivity contribution in [1.29, 1.82) is 0 Å². The fourth-order valence-electron chi connectivity index (χ4n) is 3.79. The number of aliphatic hydroxyl groups is 1.